The second-order valence-corrected chi connectivity index (χ2v) is 8.36. The molecule has 0 spiro atoms. The van der Waals surface area contributed by atoms with Crippen LogP contribution >= 0.6 is 11.6 Å². The fourth-order valence-corrected chi connectivity index (χ4v) is 5.02. The van der Waals surface area contributed by atoms with Crippen LogP contribution in [0.5, 0.6) is 0 Å². The molecule has 3 saturated heterocycles. The van der Waals surface area contributed by atoms with Gasteiger partial charge < -0.3 is 0 Å². The van der Waals surface area contributed by atoms with E-state index in [9.17, 15) is 9.59 Å². The average molecular weight is 396 g/mol. The van der Waals surface area contributed by atoms with E-state index in [2.05, 4.69) is 10.0 Å². The first-order valence-electron chi connectivity index (χ1n) is 9.71. The van der Waals surface area contributed by atoms with E-state index in [1.807, 2.05) is 56.3 Å². The van der Waals surface area contributed by atoms with E-state index in [-0.39, 0.29) is 17.9 Å². The van der Waals surface area contributed by atoms with Crippen LogP contribution in [-0.4, -0.2) is 41.0 Å². The Bertz CT molecular complexity index is 974. The first-order valence-corrected chi connectivity index (χ1v) is 10.1. The third-order valence-corrected chi connectivity index (χ3v) is 6.62. The van der Waals surface area contributed by atoms with Crippen molar-refractivity contribution in [2.75, 3.05) is 18.0 Å². The van der Waals surface area contributed by atoms with Crippen LogP contribution in [0.15, 0.2) is 42.5 Å². The Hall–Kier alpha value is -2.21. The van der Waals surface area contributed by atoms with Gasteiger partial charge in [0.25, 0.3) is 5.91 Å². The summed E-state index contributed by atoms with van der Waals surface area (Å²) in [6.45, 7) is 5.71. The van der Waals surface area contributed by atoms with E-state index in [1.165, 1.54) is 4.90 Å². The number of halogens is 1. The van der Waals surface area contributed by atoms with Gasteiger partial charge in [0.1, 0.15) is 6.04 Å². The number of nitrogens with zero attached hydrogens (tertiary/aromatic N) is 3. The Morgan fingerprint density at radius 1 is 0.857 bits per heavy atom. The van der Waals surface area contributed by atoms with Crippen LogP contribution in [-0.2, 0) is 9.59 Å². The molecule has 0 aromatic heterocycles. The van der Waals surface area contributed by atoms with Crippen molar-refractivity contribution in [3.63, 3.8) is 0 Å². The van der Waals surface area contributed by atoms with Crippen LogP contribution in [0.25, 0.3) is 0 Å². The van der Waals surface area contributed by atoms with E-state index in [0.717, 1.165) is 36.2 Å². The van der Waals surface area contributed by atoms with Gasteiger partial charge in [-0.25, -0.2) is 14.9 Å². The summed E-state index contributed by atoms with van der Waals surface area (Å²) in [5.41, 5.74) is 3.93. The molecule has 0 radical (unpaired) electrons. The maximum atomic E-state index is 13.5. The van der Waals surface area contributed by atoms with Crippen LogP contribution < -0.4 is 4.90 Å². The predicted molar refractivity (Wildman–Crippen MR) is 108 cm³/mol. The number of anilines is 1. The monoisotopic (exact) mass is 395 g/mol. The number of hydrogen-bond acceptors (Lipinski definition) is 4. The maximum Gasteiger partial charge on any atom is 0.253 e. The normalized spacial score (nSPS) is 27.5. The SMILES string of the molecule is Cc1ccc(N2C(=O)[C@@H]3[C@@H](C2=O)N2CCCN2[C@H]3c2ccc(Cl)cc2)cc1C. The van der Waals surface area contributed by atoms with Crippen molar-refractivity contribution in [2.45, 2.75) is 32.4 Å². The molecule has 28 heavy (non-hydrogen) atoms. The Labute approximate surface area is 169 Å². The lowest BCUT2D eigenvalue weighted by molar-refractivity contribution is -0.126. The summed E-state index contributed by atoms with van der Waals surface area (Å²) in [5, 5.41) is 5.00. The predicted octanol–water partition coefficient (Wildman–Crippen LogP) is 3.49. The zero-order valence-electron chi connectivity index (χ0n) is 15.9. The van der Waals surface area contributed by atoms with E-state index in [4.69, 9.17) is 11.6 Å². The fourth-order valence-electron chi connectivity index (χ4n) is 4.89. The molecule has 2 aromatic carbocycles. The Morgan fingerprint density at radius 3 is 2.21 bits per heavy atom. The van der Waals surface area contributed by atoms with E-state index in [0.29, 0.717) is 10.7 Å². The van der Waals surface area contributed by atoms with Crippen LogP contribution in [0, 0.1) is 19.8 Å². The fraction of sp³-hybridized carbons (Fsp3) is 0.364. The first-order chi connectivity index (χ1) is 13.5. The molecule has 2 amide bonds. The molecule has 3 aliphatic heterocycles. The van der Waals surface area contributed by atoms with Crippen molar-refractivity contribution in [1.82, 2.24) is 10.0 Å². The van der Waals surface area contributed by atoms with Crippen molar-refractivity contribution in [3.05, 3.63) is 64.2 Å². The molecule has 0 bridgehead atoms. The standard InChI is InChI=1S/C22H22ClN3O2/c1-13-4-9-17(12-14(13)2)26-21(27)18-19(15-5-7-16(23)8-6-15)24-10-3-11-25(24)20(18)22(26)28/h4-9,12,18-20H,3,10-11H2,1-2H3/t18-,19-,20-/m0/s1. The third kappa shape index (κ3) is 2.47. The number of imide groups is 1. The zero-order chi connectivity index (χ0) is 19.6. The van der Waals surface area contributed by atoms with Crippen LogP contribution in [0.2, 0.25) is 5.02 Å². The van der Waals surface area contributed by atoms with Gasteiger partial charge in [-0.2, -0.15) is 0 Å². The number of amides is 2. The smallest absolute Gasteiger partial charge is 0.253 e. The highest BCUT2D eigenvalue weighted by atomic mass is 35.5. The van der Waals surface area contributed by atoms with Crippen molar-refractivity contribution in [2.24, 2.45) is 5.92 Å². The van der Waals surface area contributed by atoms with Crippen LogP contribution in [0.4, 0.5) is 5.69 Å². The molecule has 2 aromatic rings. The van der Waals surface area contributed by atoms with Gasteiger partial charge in [-0.15, -0.1) is 0 Å². The molecule has 5 rings (SSSR count). The maximum absolute atomic E-state index is 13.5. The van der Waals surface area contributed by atoms with Gasteiger partial charge in [-0.05, 0) is 61.2 Å². The van der Waals surface area contributed by atoms with E-state index < -0.39 is 12.0 Å². The lowest BCUT2D eigenvalue weighted by Gasteiger charge is -2.30. The molecule has 0 saturated carbocycles. The summed E-state index contributed by atoms with van der Waals surface area (Å²) in [4.78, 5) is 28.3. The van der Waals surface area contributed by atoms with Gasteiger partial charge >= 0.3 is 0 Å². The summed E-state index contributed by atoms with van der Waals surface area (Å²) in [5.74, 6) is -0.607. The quantitative estimate of drug-likeness (QED) is 0.730. The number of hydrazine groups is 1. The molecule has 144 valence electrons. The summed E-state index contributed by atoms with van der Waals surface area (Å²) < 4.78 is 0. The first kappa shape index (κ1) is 17.9. The number of aryl methyl sites for hydroxylation is 2. The molecule has 0 unspecified atom stereocenters. The van der Waals surface area contributed by atoms with Gasteiger partial charge in [0.05, 0.1) is 17.6 Å². The lowest BCUT2D eigenvalue weighted by atomic mass is 9.90. The van der Waals surface area contributed by atoms with Crippen molar-refractivity contribution < 1.29 is 9.59 Å². The number of benzene rings is 2. The molecule has 3 fully saturated rings. The minimum Gasteiger partial charge on any atom is -0.274 e. The van der Waals surface area contributed by atoms with E-state index in [1.54, 1.807) is 0 Å². The van der Waals surface area contributed by atoms with Gasteiger partial charge in [0.2, 0.25) is 5.91 Å². The molecular weight excluding hydrogens is 374 g/mol. The summed E-state index contributed by atoms with van der Waals surface area (Å²) >= 11 is 6.07. The van der Waals surface area contributed by atoms with Crippen molar-refractivity contribution in [1.29, 1.82) is 0 Å². The highest BCUT2D eigenvalue weighted by molar-refractivity contribution is 6.30. The molecule has 3 heterocycles. The molecule has 0 N–H and O–H groups in total. The zero-order valence-corrected chi connectivity index (χ0v) is 16.7. The molecule has 3 aliphatic rings. The van der Waals surface area contributed by atoms with Crippen LogP contribution in [0.1, 0.15) is 29.2 Å². The molecule has 5 nitrogen and oxygen atoms in total. The van der Waals surface area contributed by atoms with Crippen LogP contribution in [0.3, 0.4) is 0 Å². The second-order valence-electron chi connectivity index (χ2n) is 7.93. The Morgan fingerprint density at radius 2 is 1.54 bits per heavy atom. The molecule has 0 aliphatic carbocycles. The van der Waals surface area contributed by atoms with Crippen molar-refractivity contribution in [3.8, 4) is 0 Å². The number of carbonyl (C=O) groups excluding carboxylic acids is 2. The van der Waals surface area contributed by atoms with Gasteiger partial charge in [0.15, 0.2) is 0 Å². The number of carbonyl (C=O) groups is 2. The Balaban J connectivity index is 1.58. The highest BCUT2D eigenvalue weighted by Crippen LogP contribution is 2.49. The number of rotatable bonds is 2. The topological polar surface area (TPSA) is 43.9 Å². The number of hydrogen-bond donors (Lipinski definition) is 0. The molecule has 6 heteroatoms. The highest BCUT2D eigenvalue weighted by Gasteiger charge is 2.62. The lowest BCUT2D eigenvalue weighted by Crippen LogP contribution is -2.44. The van der Waals surface area contributed by atoms with E-state index >= 15 is 0 Å². The summed E-state index contributed by atoms with van der Waals surface area (Å²) in [7, 11) is 0. The average Bonchev–Trinajstić information content (AvgIpc) is 3.31. The van der Waals surface area contributed by atoms with Gasteiger partial charge in [-0.3, -0.25) is 9.59 Å². The minimum absolute atomic E-state index is 0.104. The van der Waals surface area contributed by atoms with Gasteiger partial charge in [0, 0.05) is 18.1 Å². The summed E-state index contributed by atoms with van der Waals surface area (Å²) in [6.07, 6.45) is 0.998. The second kappa shape index (κ2) is 6.41. The Kier molecular flexibility index (Phi) is 4.09. The number of fused-ring (bicyclic) bond motifs is 3. The third-order valence-electron chi connectivity index (χ3n) is 6.37. The minimum atomic E-state index is -0.419. The largest absolute Gasteiger partial charge is 0.274 e. The molecular formula is C22H22ClN3O2. The molecule has 3 atom stereocenters. The van der Waals surface area contributed by atoms with Crippen molar-refractivity contribution >= 4 is 29.1 Å². The van der Waals surface area contributed by atoms with Gasteiger partial charge in [-0.1, -0.05) is 29.8 Å². The summed E-state index contributed by atoms with van der Waals surface area (Å²) in [6, 6.07) is 12.9.